The van der Waals surface area contributed by atoms with Crippen LogP contribution in [0.1, 0.15) is 69.9 Å². The number of nitrogens with zero attached hydrogens (tertiary/aromatic N) is 5. The normalized spacial score (nSPS) is 28.3. The number of hydroxylamine groups is 2. The molecule has 4 fully saturated rings. The molecule has 0 radical (unpaired) electrons. The van der Waals surface area contributed by atoms with E-state index in [4.69, 9.17) is 0 Å². The molecule has 2 aromatic rings. The molecule has 4 heterocycles. The van der Waals surface area contributed by atoms with Crippen LogP contribution in [0.5, 0.6) is 0 Å². The van der Waals surface area contributed by atoms with E-state index in [-0.39, 0.29) is 25.8 Å². The molecule has 15 nitrogen and oxygen atoms in total. The quantitative estimate of drug-likeness (QED) is 0.318. The standard InChI is InChI=1S/C40H54N8O7/c1-4-26(2)34-40(54)47-32(19-12-22-42-47)39(53)46-31(18-11-21-41-46)37(51)44(3)33(25-28-16-9-6-10-17-28)38(52)45-23-13-20-30(45)35(49)43-29(36(50)48(34)55)24-27-14-7-5-8-15-27/h5-10,14-17,26,29-34,41-42,55H,4,11-13,18-25H2,1-3H3,(H,43,49). The van der Waals surface area contributed by atoms with Crippen molar-refractivity contribution in [3.05, 3.63) is 71.8 Å². The van der Waals surface area contributed by atoms with Gasteiger partial charge < -0.3 is 15.1 Å². The Bertz CT molecular complexity index is 1710. The van der Waals surface area contributed by atoms with Crippen molar-refractivity contribution in [3.8, 4) is 0 Å². The third kappa shape index (κ3) is 8.53. The molecule has 4 aliphatic rings. The largest absolute Gasteiger partial charge is 0.342 e. The summed E-state index contributed by atoms with van der Waals surface area (Å²) in [6, 6.07) is 11.6. The van der Waals surface area contributed by atoms with Crippen LogP contribution in [-0.4, -0.2) is 128 Å². The van der Waals surface area contributed by atoms with Gasteiger partial charge in [-0.25, -0.2) is 15.9 Å². The van der Waals surface area contributed by atoms with Crippen molar-refractivity contribution in [1.82, 2.24) is 41.0 Å². The van der Waals surface area contributed by atoms with E-state index in [0.717, 1.165) is 5.56 Å². The fourth-order valence-corrected chi connectivity index (χ4v) is 8.24. The molecule has 0 saturated carbocycles. The minimum absolute atomic E-state index is 0.00349. The molecule has 296 valence electrons. The van der Waals surface area contributed by atoms with Crippen molar-refractivity contribution >= 4 is 35.4 Å². The lowest BCUT2D eigenvalue weighted by Crippen LogP contribution is -2.69. The maximum atomic E-state index is 14.7. The number of carbonyl (C=O) groups excluding carboxylic acids is 6. The lowest BCUT2D eigenvalue weighted by molar-refractivity contribution is -0.193. The number of hydrogen-bond donors (Lipinski definition) is 4. The Balaban J connectivity index is 1.45. The van der Waals surface area contributed by atoms with Gasteiger partial charge in [-0.1, -0.05) is 80.9 Å². The summed E-state index contributed by atoms with van der Waals surface area (Å²) in [6.07, 6.45) is 3.17. The van der Waals surface area contributed by atoms with E-state index in [1.54, 1.807) is 38.2 Å². The topological polar surface area (TPSA) is 175 Å². The fourth-order valence-electron chi connectivity index (χ4n) is 8.24. The Morgan fingerprint density at radius 3 is 1.84 bits per heavy atom. The number of likely N-dealkylation sites (N-methyl/N-ethyl adjacent to an activating group) is 1. The van der Waals surface area contributed by atoms with E-state index in [1.165, 1.54) is 19.8 Å². The van der Waals surface area contributed by atoms with Gasteiger partial charge >= 0.3 is 0 Å². The first-order valence-corrected chi connectivity index (χ1v) is 19.6. The molecule has 15 heteroatoms. The predicted octanol–water partition coefficient (Wildman–Crippen LogP) is 1.41. The summed E-state index contributed by atoms with van der Waals surface area (Å²) in [6.45, 7) is 4.62. The second kappa shape index (κ2) is 17.7. The summed E-state index contributed by atoms with van der Waals surface area (Å²) in [4.78, 5) is 90.0. The molecule has 7 atom stereocenters. The SMILES string of the molecule is CCC(C)C1C(=O)N2NCCCC2C(=O)N2NCCCC2C(=O)N(C)C(Cc2ccccc2)C(=O)N2CCCC2C(=O)NC(Cc2ccccc2)C(=O)N1O. The van der Waals surface area contributed by atoms with Crippen LogP contribution in [0.4, 0.5) is 0 Å². The molecule has 6 rings (SSSR count). The Morgan fingerprint density at radius 1 is 0.691 bits per heavy atom. The van der Waals surface area contributed by atoms with Crippen LogP contribution >= 0.6 is 0 Å². The smallest absolute Gasteiger partial charge is 0.269 e. The number of nitrogens with one attached hydrogen (secondary N) is 3. The summed E-state index contributed by atoms with van der Waals surface area (Å²) >= 11 is 0. The zero-order valence-corrected chi connectivity index (χ0v) is 31.9. The molecule has 0 bridgehead atoms. The van der Waals surface area contributed by atoms with Gasteiger partial charge in [0.2, 0.25) is 17.7 Å². The maximum Gasteiger partial charge on any atom is 0.269 e. The molecule has 4 aliphatic heterocycles. The average Bonchev–Trinajstić information content (AvgIpc) is 3.72. The predicted molar refractivity (Wildman–Crippen MR) is 201 cm³/mol. The number of hydrazine groups is 2. The number of amides is 6. The molecule has 6 amide bonds. The van der Waals surface area contributed by atoms with Gasteiger partial charge in [0.15, 0.2) is 0 Å². The van der Waals surface area contributed by atoms with Crippen molar-refractivity contribution in [2.45, 2.75) is 108 Å². The van der Waals surface area contributed by atoms with Crippen LogP contribution in [0.25, 0.3) is 0 Å². The Labute approximate surface area is 322 Å². The van der Waals surface area contributed by atoms with Gasteiger partial charge in [0.25, 0.3) is 17.7 Å². The molecule has 2 aromatic carbocycles. The Kier molecular flexibility index (Phi) is 12.8. The molecule has 4 saturated heterocycles. The maximum absolute atomic E-state index is 14.7. The molecule has 0 spiro atoms. The zero-order chi connectivity index (χ0) is 39.2. The summed E-state index contributed by atoms with van der Waals surface area (Å²) < 4.78 is 0. The van der Waals surface area contributed by atoms with E-state index >= 15 is 0 Å². The van der Waals surface area contributed by atoms with Crippen molar-refractivity contribution in [2.75, 3.05) is 26.7 Å². The van der Waals surface area contributed by atoms with E-state index in [2.05, 4.69) is 16.2 Å². The van der Waals surface area contributed by atoms with Gasteiger partial charge in [0.05, 0.1) is 0 Å². The molecule has 0 aliphatic carbocycles. The minimum atomic E-state index is -1.41. The highest BCUT2D eigenvalue weighted by atomic mass is 16.5. The third-order valence-corrected chi connectivity index (χ3v) is 11.6. The van der Waals surface area contributed by atoms with Crippen molar-refractivity contribution in [1.29, 1.82) is 0 Å². The number of rotatable bonds is 6. The van der Waals surface area contributed by atoms with Crippen LogP contribution in [0.2, 0.25) is 0 Å². The van der Waals surface area contributed by atoms with Gasteiger partial charge in [-0.05, 0) is 55.6 Å². The summed E-state index contributed by atoms with van der Waals surface area (Å²) in [7, 11) is 1.56. The highest BCUT2D eigenvalue weighted by Crippen LogP contribution is 2.27. The van der Waals surface area contributed by atoms with Gasteiger partial charge in [-0.15, -0.1) is 0 Å². The lowest BCUT2D eigenvalue weighted by atomic mass is 9.95. The first-order chi connectivity index (χ1) is 26.5. The van der Waals surface area contributed by atoms with Gasteiger partial charge in [0, 0.05) is 39.5 Å². The van der Waals surface area contributed by atoms with Crippen molar-refractivity contribution in [2.24, 2.45) is 5.92 Å². The minimum Gasteiger partial charge on any atom is -0.342 e. The molecule has 55 heavy (non-hydrogen) atoms. The van der Waals surface area contributed by atoms with Crippen LogP contribution in [0, 0.1) is 5.92 Å². The number of hydrogen-bond acceptors (Lipinski definition) is 9. The number of benzene rings is 2. The Hall–Kier alpha value is -4.86. The van der Waals surface area contributed by atoms with Gasteiger partial charge in [-0.2, -0.15) is 0 Å². The summed E-state index contributed by atoms with van der Waals surface area (Å²) in [5.41, 5.74) is 7.67. The average molecular weight is 759 g/mol. The molecular weight excluding hydrogens is 704 g/mol. The van der Waals surface area contributed by atoms with Crippen LogP contribution in [0.15, 0.2) is 60.7 Å². The van der Waals surface area contributed by atoms with Gasteiger partial charge in [0.1, 0.15) is 36.3 Å². The van der Waals surface area contributed by atoms with E-state index < -0.39 is 77.6 Å². The fraction of sp³-hybridized carbons (Fsp3) is 0.550. The van der Waals surface area contributed by atoms with Crippen molar-refractivity contribution < 1.29 is 34.0 Å². The van der Waals surface area contributed by atoms with Crippen molar-refractivity contribution in [3.63, 3.8) is 0 Å². The van der Waals surface area contributed by atoms with Crippen LogP contribution < -0.4 is 16.2 Å². The van der Waals surface area contributed by atoms with E-state index in [9.17, 15) is 34.0 Å². The summed E-state index contributed by atoms with van der Waals surface area (Å²) in [5.74, 6) is -4.06. The molecule has 0 aromatic heterocycles. The summed E-state index contributed by atoms with van der Waals surface area (Å²) in [5, 5.41) is 17.5. The van der Waals surface area contributed by atoms with E-state index in [1.807, 2.05) is 43.3 Å². The highest BCUT2D eigenvalue weighted by Gasteiger charge is 2.48. The van der Waals surface area contributed by atoms with E-state index in [0.29, 0.717) is 62.2 Å². The zero-order valence-electron chi connectivity index (χ0n) is 31.9. The number of carbonyl (C=O) groups is 6. The second-order valence-corrected chi connectivity index (χ2v) is 15.2. The van der Waals surface area contributed by atoms with Crippen LogP contribution in [-0.2, 0) is 41.6 Å². The van der Waals surface area contributed by atoms with Gasteiger partial charge in [-0.3, -0.25) is 44.0 Å². The molecule has 4 N–H and O–H groups in total. The molecular formula is C40H54N8O7. The first kappa shape index (κ1) is 39.8. The molecule has 7 unspecified atom stereocenters. The lowest BCUT2D eigenvalue weighted by Gasteiger charge is -2.44. The number of fused-ring (bicyclic) bond motifs is 3. The van der Waals surface area contributed by atoms with Crippen LogP contribution in [0.3, 0.4) is 0 Å². The second-order valence-electron chi connectivity index (χ2n) is 15.2. The Morgan fingerprint density at radius 2 is 1.24 bits per heavy atom. The third-order valence-electron chi connectivity index (χ3n) is 11.6. The first-order valence-electron chi connectivity index (χ1n) is 19.6. The monoisotopic (exact) mass is 758 g/mol. The highest BCUT2D eigenvalue weighted by molar-refractivity contribution is 5.98.